The summed E-state index contributed by atoms with van der Waals surface area (Å²) in [6.07, 6.45) is -8.91. The van der Waals surface area contributed by atoms with E-state index in [0.29, 0.717) is 0 Å². The number of para-hydroxylation sites is 2. The molecule has 4 aromatic carbocycles. The van der Waals surface area contributed by atoms with Crippen LogP contribution < -0.4 is 20.8 Å². The Hall–Kier alpha value is -4.47. The van der Waals surface area contributed by atoms with Crippen LogP contribution in [0.1, 0.15) is 31.8 Å². The van der Waals surface area contributed by atoms with Gasteiger partial charge in [0.25, 0.3) is 0 Å². The molecule has 0 aliphatic carbocycles. The van der Waals surface area contributed by atoms with Gasteiger partial charge in [0.2, 0.25) is 0 Å². The molecule has 0 aliphatic rings. The molecule has 4 aromatic rings. The Labute approximate surface area is 240 Å². The average Bonchev–Trinajstić information content (AvgIpc) is 2.89. The van der Waals surface area contributed by atoms with Gasteiger partial charge in [0, 0.05) is 33.9 Å². The molecular weight excluding hydrogens is 569 g/mol. The molecule has 0 heterocycles. The maximum absolute atomic E-state index is 12.6. The zero-order valence-corrected chi connectivity index (χ0v) is 21.9. The number of anilines is 4. The second-order valence-corrected chi connectivity index (χ2v) is 8.07. The zero-order chi connectivity index (χ0) is 29.5. The van der Waals surface area contributed by atoms with Crippen LogP contribution in [-0.4, -0.2) is 29.3 Å². The Morgan fingerprint density at radius 1 is 0.537 bits per heavy atom. The number of benzene rings is 4. The maximum Gasteiger partial charge on any atom is 3.00 e. The third kappa shape index (κ3) is 9.30. The normalized spacial score (nSPS) is 10.9. The van der Waals surface area contributed by atoms with E-state index in [1.165, 1.54) is 60.7 Å². The van der Waals surface area contributed by atoms with Gasteiger partial charge in [0.15, 0.2) is 0 Å². The summed E-state index contributed by atoms with van der Waals surface area (Å²) < 4.78 is 75.5. The molecule has 2 N–H and O–H groups in total. The van der Waals surface area contributed by atoms with Crippen LogP contribution in [0.3, 0.4) is 0 Å². The second kappa shape index (κ2) is 13.7. The van der Waals surface area contributed by atoms with Crippen molar-refractivity contribution in [3.63, 3.8) is 0 Å². The number of alkyl halides is 6. The molecule has 0 atom stereocenters. The molecule has 6 nitrogen and oxygen atoms in total. The van der Waals surface area contributed by atoms with Gasteiger partial charge in [-0.2, -0.15) is 26.3 Å². The van der Waals surface area contributed by atoms with Crippen molar-refractivity contribution in [3.8, 4) is 0 Å². The van der Waals surface area contributed by atoms with Crippen LogP contribution in [0.25, 0.3) is 0 Å². The number of carboxylic acid groups (broad SMARTS) is 2. The van der Waals surface area contributed by atoms with Crippen LogP contribution >= 0.6 is 0 Å². The first-order chi connectivity index (χ1) is 18.8. The molecule has 208 valence electrons. The molecule has 4 rings (SSSR count). The minimum absolute atomic E-state index is 0. The van der Waals surface area contributed by atoms with E-state index in [-0.39, 0.29) is 51.2 Å². The molecule has 0 aliphatic heterocycles. The summed E-state index contributed by atoms with van der Waals surface area (Å²) in [5.41, 5.74) is -1.22. The molecule has 41 heavy (non-hydrogen) atoms. The number of carbonyl (C=O) groups is 2. The van der Waals surface area contributed by atoms with E-state index in [1.807, 2.05) is 0 Å². The summed E-state index contributed by atoms with van der Waals surface area (Å²) in [7, 11) is 0. The van der Waals surface area contributed by atoms with Gasteiger partial charge < -0.3 is 30.4 Å². The SMILES string of the molecule is O=C([O-])c1ccccc1Nc1cccc(C(F)(F)F)c1.O=C([O-])c1ccccc1Nc1cccc(C(F)(F)F)c1.[Al+3]. The van der Waals surface area contributed by atoms with E-state index >= 15 is 0 Å². The summed E-state index contributed by atoms with van der Waals surface area (Å²) in [5.74, 6) is -2.81. The van der Waals surface area contributed by atoms with Gasteiger partial charge in [-0.25, -0.2) is 0 Å². The summed E-state index contributed by atoms with van der Waals surface area (Å²) in [6, 6.07) is 20.7. The molecule has 0 aromatic heterocycles. The third-order valence-electron chi connectivity index (χ3n) is 5.23. The fourth-order valence-corrected chi connectivity index (χ4v) is 3.40. The first-order valence-electron chi connectivity index (χ1n) is 11.2. The van der Waals surface area contributed by atoms with Crippen molar-refractivity contribution >= 4 is 52.0 Å². The summed E-state index contributed by atoms with van der Waals surface area (Å²) >= 11 is 0. The molecule has 0 fully saturated rings. The summed E-state index contributed by atoms with van der Waals surface area (Å²) in [5, 5.41) is 27.1. The van der Waals surface area contributed by atoms with Crippen molar-refractivity contribution in [1.29, 1.82) is 0 Å². The number of carbonyl (C=O) groups excluding carboxylic acids is 2. The molecular formula is C28H18AlF6N2O4+. The van der Waals surface area contributed by atoms with Crippen molar-refractivity contribution in [1.82, 2.24) is 0 Å². The Bertz CT molecular complexity index is 1400. The number of hydrogen-bond donors (Lipinski definition) is 2. The van der Waals surface area contributed by atoms with E-state index < -0.39 is 35.4 Å². The molecule has 0 saturated carbocycles. The topological polar surface area (TPSA) is 104 Å². The standard InChI is InChI=1S/2C14H10F3NO2.Al/c2*15-14(16,17)9-4-3-5-10(8-9)18-12-7-2-1-6-11(12)13(19)20;/h2*1-8,18H,(H,19,20);/q;;+3/p-2. The quantitative estimate of drug-likeness (QED) is 0.236. The molecule has 0 radical (unpaired) electrons. The van der Waals surface area contributed by atoms with Crippen molar-refractivity contribution in [2.45, 2.75) is 12.4 Å². The van der Waals surface area contributed by atoms with Crippen LogP contribution in [0.4, 0.5) is 49.1 Å². The number of halogens is 6. The number of aromatic carboxylic acids is 2. The van der Waals surface area contributed by atoms with Crippen LogP contribution in [0.2, 0.25) is 0 Å². The fourth-order valence-electron chi connectivity index (χ4n) is 3.40. The molecule has 0 unspecified atom stereocenters. The van der Waals surface area contributed by atoms with Crippen molar-refractivity contribution < 1.29 is 46.1 Å². The van der Waals surface area contributed by atoms with Crippen molar-refractivity contribution in [2.75, 3.05) is 10.6 Å². The van der Waals surface area contributed by atoms with Crippen LogP contribution in [-0.2, 0) is 12.4 Å². The minimum atomic E-state index is -4.45. The number of carboxylic acids is 2. The fraction of sp³-hybridized carbons (Fsp3) is 0.0714. The Kier molecular flexibility index (Phi) is 11.0. The third-order valence-corrected chi connectivity index (χ3v) is 5.23. The zero-order valence-electron chi connectivity index (χ0n) is 20.7. The Morgan fingerprint density at radius 3 is 1.20 bits per heavy atom. The summed E-state index contributed by atoms with van der Waals surface area (Å²) in [4.78, 5) is 21.8. The van der Waals surface area contributed by atoms with Gasteiger partial charge in [-0.15, -0.1) is 0 Å². The molecule has 13 heteroatoms. The van der Waals surface area contributed by atoms with Gasteiger partial charge in [0.05, 0.1) is 23.1 Å². The van der Waals surface area contributed by atoms with Gasteiger partial charge in [-0.1, -0.05) is 48.5 Å². The van der Waals surface area contributed by atoms with Gasteiger partial charge in [-0.05, 0) is 48.5 Å². The van der Waals surface area contributed by atoms with Gasteiger partial charge in [-0.3, -0.25) is 0 Å². The average molecular weight is 587 g/mol. The predicted octanol–water partition coefficient (Wildman–Crippen LogP) is 5.24. The van der Waals surface area contributed by atoms with Crippen molar-refractivity contribution in [2.24, 2.45) is 0 Å². The van der Waals surface area contributed by atoms with E-state index in [4.69, 9.17) is 0 Å². The molecule has 0 amide bonds. The van der Waals surface area contributed by atoms with Crippen molar-refractivity contribution in [3.05, 3.63) is 119 Å². The smallest absolute Gasteiger partial charge is 0.545 e. The summed E-state index contributed by atoms with van der Waals surface area (Å²) in [6.45, 7) is 0. The Balaban J connectivity index is 0.000000280. The van der Waals surface area contributed by atoms with Crippen LogP contribution in [0.15, 0.2) is 97.1 Å². The first kappa shape index (κ1) is 32.7. The predicted molar refractivity (Wildman–Crippen MR) is 137 cm³/mol. The van der Waals surface area contributed by atoms with Crippen LogP contribution in [0, 0.1) is 0 Å². The number of nitrogens with one attached hydrogen (secondary N) is 2. The van der Waals surface area contributed by atoms with Gasteiger partial charge in [0.1, 0.15) is 0 Å². The van der Waals surface area contributed by atoms with E-state index in [9.17, 15) is 46.1 Å². The first-order valence-corrected chi connectivity index (χ1v) is 11.2. The molecule has 0 spiro atoms. The van der Waals surface area contributed by atoms with Crippen LogP contribution in [0.5, 0.6) is 0 Å². The molecule has 0 bridgehead atoms. The maximum atomic E-state index is 12.6. The second-order valence-electron chi connectivity index (χ2n) is 8.07. The molecule has 0 saturated heterocycles. The number of rotatable bonds is 6. The monoisotopic (exact) mass is 587 g/mol. The van der Waals surface area contributed by atoms with Gasteiger partial charge >= 0.3 is 29.7 Å². The minimum Gasteiger partial charge on any atom is -0.545 e. The largest absolute Gasteiger partial charge is 3.00 e. The number of hydrogen-bond acceptors (Lipinski definition) is 6. The van der Waals surface area contributed by atoms with E-state index in [1.54, 1.807) is 12.1 Å². The van der Waals surface area contributed by atoms with E-state index in [0.717, 1.165) is 24.3 Å². The Morgan fingerprint density at radius 2 is 0.878 bits per heavy atom. The van der Waals surface area contributed by atoms with E-state index in [2.05, 4.69) is 10.6 Å².